The van der Waals surface area contributed by atoms with Crippen LogP contribution in [0.4, 0.5) is 0 Å². The average Bonchev–Trinajstić information content (AvgIpc) is 2.84. The fraction of sp³-hybridized carbons (Fsp3) is 0.0385. The summed E-state index contributed by atoms with van der Waals surface area (Å²) in [4.78, 5) is 25.0. The smallest absolute Gasteiger partial charge is 0.345 e. The predicted molar refractivity (Wildman–Crippen MR) is 141 cm³/mol. The van der Waals surface area contributed by atoms with Crippen molar-refractivity contribution in [3.8, 4) is 11.5 Å². The Morgan fingerprint density at radius 2 is 1.74 bits per heavy atom. The number of amides is 1. The number of ether oxygens (including phenoxy) is 2. The average molecular weight is 572 g/mol. The van der Waals surface area contributed by atoms with Crippen molar-refractivity contribution >= 4 is 68.0 Å². The molecule has 0 heterocycles. The van der Waals surface area contributed by atoms with E-state index < -0.39 is 11.9 Å². The summed E-state index contributed by atoms with van der Waals surface area (Å²) in [5, 5.41) is 6.31. The molecule has 0 fully saturated rings. The minimum atomic E-state index is -0.650. The summed E-state index contributed by atoms with van der Waals surface area (Å²) in [6.07, 6.45) is 1.42. The molecule has 9 heteroatoms. The van der Waals surface area contributed by atoms with Gasteiger partial charge < -0.3 is 9.47 Å². The minimum Gasteiger partial charge on any atom is -0.484 e. The fourth-order valence-electron chi connectivity index (χ4n) is 3.19. The van der Waals surface area contributed by atoms with Crippen LogP contribution in [-0.2, 0) is 4.79 Å². The van der Waals surface area contributed by atoms with Gasteiger partial charge in [-0.15, -0.1) is 0 Å². The first-order valence-corrected chi connectivity index (χ1v) is 11.8. The first kappa shape index (κ1) is 24.7. The number of hydrogen-bond donors (Lipinski definition) is 1. The van der Waals surface area contributed by atoms with E-state index in [-0.39, 0.29) is 22.9 Å². The zero-order valence-electron chi connectivity index (χ0n) is 18.0. The van der Waals surface area contributed by atoms with Crippen molar-refractivity contribution in [2.24, 2.45) is 5.10 Å². The number of hydrogen-bond acceptors (Lipinski definition) is 5. The molecule has 0 saturated carbocycles. The predicted octanol–water partition coefficient (Wildman–Crippen LogP) is 6.66. The maximum absolute atomic E-state index is 12.8. The molecule has 176 valence electrons. The van der Waals surface area contributed by atoms with Crippen molar-refractivity contribution in [1.82, 2.24) is 5.43 Å². The SMILES string of the molecule is O=C(COc1ccc(Br)cc1)N/N=C/c1c(OC(=O)c2ccc(Cl)cc2Cl)ccc2ccccc12. The molecule has 4 aromatic carbocycles. The zero-order valence-corrected chi connectivity index (χ0v) is 21.1. The number of nitrogens with zero attached hydrogens (tertiary/aromatic N) is 1. The van der Waals surface area contributed by atoms with Crippen molar-refractivity contribution in [3.63, 3.8) is 0 Å². The number of hydrazone groups is 1. The van der Waals surface area contributed by atoms with E-state index in [0.717, 1.165) is 15.2 Å². The summed E-state index contributed by atoms with van der Waals surface area (Å²) in [6.45, 7) is -0.217. The summed E-state index contributed by atoms with van der Waals surface area (Å²) in [5.74, 6) is -0.292. The first-order valence-electron chi connectivity index (χ1n) is 10.3. The third-order valence-electron chi connectivity index (χ3n) is 4.85. The lowest BCUT2D eigenvalue weighted by Crippen LogP contribution is -2.24. The Kier molecular flexibility index (Phi) is 8.02. The molecule has 0 aliphatic rings. The molecule has 1 N–H and O–H groups in total. The Morgan fingerprint density at radius 3 is 2.51 bits per heavy atom. The molecule has 1 amide bonds. The first-order chi connectivity index (χ1) is 16.9. The highest BCUT2D eigenvalue weighted by Gasteiger charge is 2.16. The van der Waals surface area contributed by atoms with E-state index in [0.29, 0.717) is 16.3 Å². The van der Waals surface area contributed by atoms with E-state index in [1.807, 2.05) is 42.5 Å². The standard InChI is InChI=1S/C26H17BrCl2N2O4/c27-17-6-9-19(10-7-17)34-15-25(32)31-30-14-22-20-4-2-1-3-16(20)5-12-24(22)35-26(33)21-11-8-18(28)13-23(21)29/h1-14H,15H2,(H,31,32)/b30-14+. The topological polar surface area (TPSA) is 77.0 Å². The van der Waals surface area contributed by atoms with Gasteiger partial charge in [0.1, 0.15) is 11.5 Å². The molecule has 6 nitrogen and oxygen atoms in total. The second-order valence-corrected chi connectivity index (χ2v) is 9.01. The van der Waals surface area contributed by atoms with Crippen LogP contribution in [0, 0.1) is 0 Å². The third-order valence-corrected chi connectivity index (χ3v) is 5.93. The molecule has 0 atom stereocenters. The Balaban J connectivity index is 1.52. The molecule has 0 bridgehead atoms. The van der Waals surface area contributed by atoms with Gasteiger partial charge in [-0.1, -0.05) is 69.5 Å². The van der Waals surface area contributed by atoms with Crippen molar-refractivity contribution in [2.45, 2.75) is 0 Å². The van der Waals surface area contributed by atoms with Gasteiger partial charge in [-0.25, -0.2) is 10.2 Å². The van der Waals surface area contributed by atoms with Crippen molar-refractivity contribution in [2.75, 3.05) is 6.61 Å². The summed E-state index contributed by atoms with van der Waals surface area (Å²) < 4.78 is 12.0. The van der Waals surface area contributed by atoms with E-state index in [1.165, 1.54) is 18.3 Å². The van der Waals surface area contributed by atoms with Gasteiger partial charge in [-0.2, -0.15) is 5.10 Å². The van der Waals surface area contributed by atoms with Crippen LogP contribution in [0.25, 0.3) is 10.8 Å². The van der Waals surface area contributed by atoms with Gasteiger partial charge in [0.25, 0.3) is 5.91 Å². The molecule has 0 radical (unpaired) electrons. The number of rotatable bonds is 7. The van der Waals surface area contributed by atoms with Crippen LogP contribution < -0.4 is 14.9 Å². The van der Waals surface area contributed by atoms with Crippen molar-refractivity contribution < 1.29 is 19.1 Å². The number of carbonyl (C=O) groups is 2. The second kappa shape index (κ2) is 11.4. The number of esters is 1. The van der Waals surface area contributed by atoms with Crippen LogP contribution in [0.5, 0.6) is 11.5 Å². The maximum Gasteiger partial charge on any atom is 0.345 e. The monoisotopic (exact) mass is 570 g/mol. The highest BCUT2D eigenvalue weighted by atomic mass is 79.9. The largest absolute Gasteiger partial charge is 0.484 e. The maximum atomic E-state index is 12.8. The van der Waals surface area contributed by atoms with Gasteiger partial charge in [0.15, 0.2) is 6.61 Å². The lowest BCUT2D eigenvalue weighted by atomic mass is 10.0. The Morgan fingerprint density at radius 1 is 0.971 bits per heavy atom. The van der Waals surface area contributed by atoms with Crippen LogP contribution in [0.3, 0.4) is 0 Å². The Labute approximate surface area is 219 Å². The highest BCUT2D eigenvalue weighted by Crippen LogP contribution is 2.29. The molecule has 0 spiro atoms. The van der Waals surface area contributed by atoms with E-state index in [2.05, 4.69) is 26.5 Å². The molecule has 0 unspecified atom stereocenters. The van der Waals surface area contributed by atoms with Crippen LogP contribution >= 0.6 is 39.1 Å². The van der Waals surface area contributed by atoms with Gasteiger partial charge in [0.2, 0.25) is 0 Å². The molecule has 35 heavy (non-hydrogen) atoms. The summed E-state index contributed by atoms with van der Waals surface area (Å²) >= 11 is 15.4. The molecule has 4 rings (SSSR count). The normalized spacial score (nSPS) is 10.9. The molecular weight excluding hydrogens is 555 g/mol. The van der Waals surface area contributed by atoms with Crippen LogP contribution in [0.2, 0.25) is 10.0 Å². The molecule has 0 aliphatic carbocycles. The van der Waals surface area contributed by atoms with E-state index in [9.17, 15) is 9.59 Å². The van der Waals surface area contributed by atoms with Crippen molar-refractivity contribution in [1.29, 1.82) is 0 Å². The van der Waals surface area contributed by atoms with E-state index in [1.54, 1.807) is 24.3 Å². The Bertz CT molecular complexity index is 1430. The van der Waals surface area contributed by atoms with Crippen LogP contribution in [-0.4, -0.2) is 24.7 Å². The van der Waals surface area contributed by atoms with Crippen LogP contribution in [0.1, 0.15) is 15.9 Å². The third kappa shape index (κ3) is 6.39. The number of carbonyl (C=O) groups excluding carboxylic acids is 2. The quantitative estimate of drug-likeness (QED) is 0.116. The molecule has 0 saturated heterocycles. The Hall–Kier alpha value is -3.39. The zero-order chi connectivity index (χ0) is 24.8. The van der Waals surface area contributed by atoms with Crippen molar-refractivity contribution in [3.05, 3.63) is 105 Å². The number of benzene rings is 4. The summed E-state index contributed by atoms with van der Waals surface area (Å²) in [7, 11) is 0. The lowest BCUT2D eigenvalue weighted by Gasteiger charge is -2.11. The molecular formula is C26H17BrCl2N2O4. The van der Waals surface area contributed by atoms with Gasteiger partial charge in [0, 0.05) is 15.1 Å². The van der Waals surface area contributed by atoms with E-state index in [4.69, 9.17) is 32.7 Å². The lowest BCUT2D eigenvalue weighted by molar-refractivity contribution is -0.123. The van der Waals surface area contributed by atoms with Gasteiger partial charge in [0.05, 0.1) is 16.8 Å². The summed E-state index contributed by atoms with van der Waals surface area (Å²) in [5.41, 5.74) is 3.11. The van der Waals surface area contributed by atoms with Gasteiger partial charge in [-0.05, 0) is 59.3 Å². The van der Waals surface area contributed by atoms with Gasteiger partial charge in [-0.3, -0.25) is 4.79 Å². The van der Waals surface area contributed by atoms with E-state index >= 15 is 0 Å². The number of halogens is 3. The highest BCUT2D eigenvalue weighted by molar-refractivity contribution is 9.10. The molecule has 0 aromatic heterocycles. The van der Waals surface area contributed by atoms with Crippen LogP contribution in [0.15, 0.2) is 88.4 Å². The molecule has 4 aromatic rings. The van der Waals surface area contributed by atoms with Gasteiger partial charge >= 0.3 is 5.97 Å². The number of nitrogens with one attached hydrogen (secondary N) is 1. The minimum absolute atomic E-state index is 0.172. The second-order valence-electron chi connectivity index (χ2n) is 7.25. The summed E-state index contributed by atoms with van der Waals surface area (Å²) in [6, 6.07) is 22.6. The number of fused-ring (bicyclic) bond motifs is 1. The fourth-order valence-corrected chi connectivity index (χ4v) is 3.94. The molecule has 0 aliphatic heterocycles.